The lowest BCUT2D eigenvalue weighted by Crippen LogP contribution is -2.05. The molecule has 0 fully saturated rings. The second-order valence-corrected chi connectivity index (χ2v) is 3.81. The van der Waals surface area contributed by atoms with E-state index in [9.17, 15) is 4.79 Å². The monoisotopic (exact) mass is 262 g/mol. The highest BCUT2D eigenvalue weighted by molar-refractivity contribution is 6.05. The molecule has 1 aromatic carbocycles. The average Bonchev–Trinajstić information content (AvgIpc) is 2.43. The number of benzene rings is 1. The summed E-state index contributed by atoms with van der Waals surface area (Å²) < 4.78 is 15.1. The molecule has 0 saturated heterocycles. The van der Waals surface area contributed by atoms with Crippen molar-refractivity contribution in [3.63, 3.8) is 0 Å². The Bertz CT molecular complexity index is 640. The zero-order chi connectivity index (χ0) is 14.0. The second kappa shape index (κ2) is 5.01. The van der Waals surface area contributed by atoms with Crippen LogP contribution in [-0.2, 0) is 4.74 Å². The fraction of sp³-hybridized carbons (Fsp3) is 0.231. The van der Waals surface area contributed by atoms with Crippen molar-refractivity contribution in [2.45, 2.75) is 0 Å². The molecule has 0 amide bonds. The van der Waals surface area contributed by atoms with Crippen molar-refractivity contribution in [2.75, 3.05) is 27.1 Å². The lowest BCUT2D eigenvalue weighted by molar-refractivity contribution is 0.0603. The number of anilines is 1. The third-order valence-corrected chi connectivity index (χ3v) is 2.74. The van der Waals surface area contributed by atoms with Crippen LogP contribution in [0.3, 0.4) is 0 Å². The first kappa shape index (κ1) is 12.9. The first-order valence-electron chi connectivity index (χ1n) is 5.51. The molecule has 0 bridgehead atoms. The first-order chi connectivity index (χ1) is 9.10. The van der Waals surface area contributed by atoms with E-state index in [4.69, 9.17) is 19.9 Å². The van der Waals surface area contributed by atoms with E-state index in [1.54, 1.807) is 12.1 Å². The van der Waals surface area contributed by atoms with Gasteiger partial charge in [-0.2, -0.15) is 0 Å². The number of nitrogens with zero attached hydrogens (tertiary/aromatic N) is 1. The van der Waals surface area contributed by atoms with Crippen LogP contribution in [-0.4, -0.2) is 32.3 Å². The van der Waals surface area contributed by atoms with Crippen LogP contribution in [0.25, 0.3) is 10.9 Å². The van der Waals surface area contributed by atoms with Gasteiger partial charge in [0.05, 0.1) is 32.4 Å². The van der Waals surface area contributed by atoms with Crippen molar-refractivity contribution >= 4 is 22.7 Å². The maximum Gasteiger partial charge on any atom is 0.338 e. The fourth-order valence-corrected chi connectivity index (χ4v) is 1.85. The molecule has 1 heterocycles. The van der Waals surface area contributed by atoms with Crippen molar-refractivity contribution < 1.29 is 19.0 Å². The van der Waals surface area contributed by atoms with Crippen LogP contribution in [0.1, 0.15) is 10.4 Å². The number of carbonyl (C=O) groups excluding carboxylic acids is 1. The Morgan fingerprint density at radius 1 is 1.11 bits per heavy atom. The lowest BCUT2D eigenvalue weighted by Gasteiger charge is -2.11. The zero-order valence-electron chi connectivity index (χ0n) is 10.9. The summed E-state index contributed by atoms with van der Waals surface area (Å²) in [6.07, 6.45) is 0. The molecule has 6 nitrogen and oxygen atoms in total. The summed E-state index contributed by atoms with van der Waals surface area (Å²) in [5.41, 5.74) is 6.57. The summed E-state index contributed by atoms with van der Waals surface area (Å²) in [7, 11) is 4.36. The van der Waals surface area contributed by atoms with Crippen molar-refractivity contribution in [2.24, 2.45) is 0 Å². The highest BCUT2D eigenvalue weighted by atomic mass is 16.5. The van der Waals surface area contributed by atoms with Gasteiger partial charge in [0.25, 0.3) is 0 Å². The maximum absolute atomic E-state index is 11.8. The second-order valence-electron chi connectivity index (χ2n) is 3.81. The van der Waals surface area contributed by atoms with Crippen molar-refractivity contribution in [1.29, 1.82) is 0 Å². The number of hydrogen-bond acceptors (Lipinski definition) is 6. The predicted octanol–water partition coefficient (Wildman–Crippen LogP) is 1.62. The fourth-order valence-electron chi connectivity index (χ4n) is 1.85. The molecule has 0 radical (unpaired) electrons. The molecule has 0 unspecified atom stereocenters. The van der Waals surface area contributed by atoms with Crippen LogP contribution in [0.5, 0.6) is 11.5 Å². The summed E-state index contributed by atoms with van der Waals surface area (Å²) in [6.45, 7) is 0. The molecule has 1 aromatic heterocycles. The maximum atomic E-state index is 11.8. The van der Waals surface area contributed by atoms with Crippen LogP contribution in [0.4, 0.5) is 5.82 Å². The van der Waals surface area contributed by atoms with E-state index in [1.807, 2.05) is 0 Å². The molecule has 0 aliphatic heterocycles. The number of rotatable bonds is 3. The quantitative estimate of drug-likeness (QED) is 0.846. The molecule has 6 heteroatoms. The molecular weight excluding hydrogens is 248 g/mol. The molecule has 0 saturated carbocycles. The van der Waals surface area contributed by atoms with Gasteiger partial charge in [-0.15, -0.1) is 0 Å². The van der Waals surface area contributed by atoms with Gasteiger partial charge >= 0.3 is 5.97 Å². The standard InChI is InChI=1S/C13H14N2O4/c1-17-10-4-7-8(13(16)19-3)5-12(14)15-9(7)6-11(10)18-2/h4-6H,1-3H3,(H2,14,15). The molecule has 100 valence electrons. The van der Waals surface area contributed by atoms with Crippen molar-refractivity contribution in [1.82, 2.24) is 4.98 Å². The van der Waals surface area contributed by atoms with Gasteiger partial charge in [-0.3, -0.25) is 0 Å². The van der Waals surface area contributed by atoms with E-state index in [0.29, 0.717) is 28.0 Å². The minimum atomic E-state index is -0.480. The minimum Gasteiger partial charge on any atom is -0.493 e. The molecule has 19 heavy (non-hydrogen) atoms. The topological polar surface area (TPSA) is 83.7 Å². The van der Waals surface area contributed by atoms with Gasteiger partial charge in [-0.1, -0.05) is 0 Å². The molecule has 2 aromatic rings. The summed E-state index contributed by atoms with van der Waals surface area (Å²) >= 11 is 0. The SMILES string of the molecule is COC(=O)c1cc(N)nc2cc(OC)c(OC)cc12. The van der Waals surface area contributed by atoms with Gasteiger partial charge in [0.15, 0.2) is 11.5 Å². The smallest absolute Gasteiger partial charge is 0.338 e. The van der Waals surface area contributed by atoms with Crippen molar-refractivity contribution in [3.05, 3.63) is 23.8 Å². The van der Waals surface area contributed by atoms with Crippen LogP contribution < -0.4 is 15.2 Å². The van der Waals surface area contributed by atoms with E-state index in [2.05, 4.69) is 4.98 Å². The number of ether oxygens (including phenoxy) is 3. The van der Waals surface area contributed by atoms with E-state index < -0.39 is 5.97 Å². The number of esters is 1. The van der Waals surface area contributed by atoms with Crippen LogP contribution in [0.15, 0.2) is 18.2 Å². The Balaban J connectivity index is 2.79. The average molecular weight is 262 g/mol. The first-order valence-corrected chi connectivity index (χ1v) is 5.51. The Morgan fingerprint density at radius 3 is 2.32 bits per heavy atom. The number of nitrogen functional groups attached to an aromatic ring is 1. The number of methoxy groups -OCH3 is 3. The van der Waals surface area contributed by atoms with Gasteiger partial charge in [-0.25, -0.2) is 9.78 Å². The number of carbonyl (C=O) groups is 1. The van der Waals surface area contributed by atoms with Gasteiger partial charge in [0.2, 0.25) is 0 Å². The van der Waals surface area contributed by atoms with E-state index in [0.717, 1.165) is 0 Å². The van der Waals surface area contributed by atoms with Gasteiger partial charge in [0.1, 0.15) is 5.82 Å². The summed E-state index contributed by atoms with van der Waals surface area (Å²) in [5.74, 6) is 0.780. The Hall–Kier alpha value is -2.50. The van der Waals surface area contributed by atoms with Gasteiger partial charge in [-0.05, 0) is 12.1 Å². The third kappa shape index (κ3) is 2.24. The van der Waals surface area contributed by atoms with E-state index >= 15 is 0 Å². The Kier molecular flexibility index (Phi) is 3.41. The van der Waals surface area contributed by atoms with Crippen LogP contribution in [0, 0.1) is 0 Å². The number of fused-ring (bicyclic) bond motifs is 1. The molecule has 2 rings (SSSR count). The molecular formula is C13H14N2O4. The lowest BCUT2D eigenvalue weighted by atomic mass is 10.1. The Morgan fingerprint density at radius 2 is 1.74 bits per heavy atom. The Labute approximate surface area is 110 Å². The van der Waals surface area contributed by atoms with E-state index in [-0.39, 0.29) is 5.82 Å². The predicted molar refractivity (Wildman–Crippen MR) is 70.6 cm³/mol. The summed E-state index contributed by atoms with van der Waals surface area (Å²) in [4.78, 5) is 15.9. The highest BCUT2D eigenvalue weighted by Crippen LogP contribution is 2.33. The minimum absolute atomic E-state index is 0.236. The summed E-state index contributed by atoms with van der Waals surface area (Å²) in [6, 6.07) is 4.81. The van der Waals surface area contributed by atoms with Gasteiger partial charge < -0.3 is 19.9 Å². The zero-order valence-corrected chi connectivity index (χ0v) is 10.9. The molecule has 2 N–H and O–H groups in total. The normalized spacial score (nSPS) is 10.3. The van der Waals surface area contributed by atoms with Crippen molar-refractivity contribution in [3.8, 4) is 11.5 Å². The molecule has 0 aliphatic carbocycles. The highest BCUT2D eigenvalue weighted by Gasteiger charge is 2.16. The molecule has 0 atom stereocenters. The van der Waals surface area contributed by atoms with Crippen LogP contribution >= 0.6 is 0 Å². The number of pyridine rings is 1. The third-order valence-electron chi connectivity index (χ3n) is 2.74. The number of nitrogens with two attached hydrogens (primary N) is 1. The van der Waals surface area contributed by atoms with E-state index in [1.165, 1.54) is 27.4 Å². The molecule has 0 aliphatic rings. The van der Waals surface area contributed by atoms with Crippen LogP contribution in [0.2, 0.25) is 0 Å². The number of hydrogen-bond donors (Lipinski definition) is 1. The summed E-state index contributed by atoms with van der Waals surface area (Å²) in [5, 5.41) is 0.596. The van der Waals surface area contributed by atoms with Gasteiger partial charge in [0, 0.05) is 11.5 Å². The largest absolute Gasteiger partial charge is 0.493 e. The molecule has 0 spiro atoms. The number of aromatic nitrogens is 1.